The summed E-state index contributed by atoms with van der Waals surface area (Å²) in [4.78, 5) is 20.7. The predicted molar refractivity (Wildman–Crippen MR) is 115 cm³/mol. The minimum Gasteiger partial charge on any atom is -0.491 e. The number of carbonyl (C=O) groups is 1. The van der Waals surface area contributed by atoms with Crippen LogP contribution in [0.1, 0.15) is 17.5 Å². The van der Waals surface area contributed by atoms with E-state index in [-0.39, 0.29) is 5.91 Å². The van der Waals surface area contributed by atoms with Crippen molar-refractivity contribution in [1.82, 2.24) is 15.3 Å². The van der Waals surface area contributed by atoms with E-state index >= 15 is 0 Å². The summed E-state index contributed by atoms with van der Waals surface area (Å²) in [5.41, 5.74) is 2.60. The number of halogens is 1. The van der Waals surface area contributed by atoms with Gasteiger partial charge >= 0.3 is 0 Å². The second-order valence-corrected chi connectivity index (χ2v) is 7.23. The first-order valence-electron chi connectivity index (χ1n) is 8.91. The number of thiazole rings is 1. The number of hydrogen-bond donors (Lipinski definition) is 1. The molecule has 0 radical (unpaired) electrons. The summed E-state index contributed by atoms with van der Waals surface area (Å²) in [5, 5.41) is 6.04. The highest BCUT2D eigenvalue weighted by Crippen LogP contribution is 2.36. The average Bonchev–Trinajstić information content (AvgIpc) is 3.21. The van der Waals surface area contributed by atoms with Gasteiger partial charge in [0.15, 0.2) is 11.5 Å². The highest BCUT2D eigenvalue weighted by Gasteiger charge is 2.11. The molecule has 0 unspecified atom stereocenters. The third-order valence-corrected chi connectivity index (χ3v) is 5.03. The van der Waals surface area contributed by atoms with E-state index < -0.39 is 0 Å². The lowest BCUT2D eigenvalue weighted by Gasteiger charge is -2.11. The third kappa shape index (κ3) is 5.56. The van der Waals surface area contributed by atoms with Gasteiger partial charge in [-0.2, -0.15) is 0 Å². The molecule has 150 valence electrons. The molecule has 2 aromatic heterocycles. The molecule has 0 atom stereocenters. The molecule has 1 amide bonds. The second-order valence-electron chi connectivity index (χ2n) is 5.88. The summed E-state index contributed by atoms with van der Waals surface area (Å²) in [6, 6.07) is 7.29. The van der Waals surface area contributed by atoms with Crippen molar-refractivity contribution in [2.75, 3.05) is 13.7 Å². The van der Waals surface area contributed by atoms with Crippen LogP contribution in [0.5, 0.6) is 11.5 Å². The number of aromatic nitrogens is 2. The first-order chi connectivity index (χ1) is 14.1. The Hall–Kier alpha value is -2.90. The van der Waals surface area contributed by atoms with Crippen molar-refractivity contribution in [3.8, 4) is 22.8 Å². The maximum absolute atomic E-state index is 12.2. The lowest BCUT2D eigenvalue weighted by atomic mass is 10.2. The van der Waals surface area contributed by atoms with Crippen molar-refractivity contribution >= 4 is 34.9 Å². The number of benzene rings is 1. The van der Waals surface area contributed by atoms with Crippen molar-refractivity contribution in [3.63, 3.8) is 0 Å². The Kier molecular flexibility index (Phi) is 7.21. The van der Waals surface area contributed by atoms with E-state index in [0.717, 1.165) is 21.8 Å². The Morgan fingerprint density at radius 2 is 2.10 bits per heavy atom. The summed E-state index contributed by atoms with van der Waals surface area (Å²) in [5.74, 6) is 0.786. The Morgan fingerprint density at radius 3 is 2.83 bits per heavy atom. The summed E-state index contributed by atoms with van der Waals surface area (Å²) in [6.07, 6.45) is 6.57. The molecule has 0 aliphatic carbocycles. The maximum Gasteiger partial charge on any atom is 0.244 e. The van der Waals surface area contributed by atoms with Crippen LogP contribution >= 0.6 is 22.9 Å². The van der Waals surface area contributed by atoms with Crippen LogP contribution < -0.4 is 14.8 Å². The van der Waals surface area contributed by atoms with E-state index in [0.29, 0.717) is 29.7 Å². The summed E-state index contributed by atoms with van der Waals surface area (Å²) < 4.78 is 10.8. The second kappa shape index (κ2) is 10.0. The number of rotatable bonds is 8. The Bertz CT molecular complexity index is 1010. The van der Waals surface area contributed by atoms with Gasteiger partial charge in [0.25, 0.3) is 0 Å². The zero-order valence-corrected chi connectivity index (χ0v) is 17.6. The van der Waals surface area contributed by atoms with E-state index in [1.807, 2.05) is 24.4 Å². The van der Waals surface area contributed by atoms with Crippen LogP contribution in [0, 0.1) is 0 Å². The Morgan fingerprint density at radius 1 is 1.31 bits per heavy atom. The topological polar surface area (TPSA) is 73.3 Å². The molecule has 2 heterocycles. The molecule has 0 saturated carbocycles. The van der Waals surface area contributed by atoms with E-state index in [1.165, 1.54) is 24.5 Å². The van der Waals surface area contributed by atoms with Crippen molar-refractivity contribution < 1.29 is 14.3 Å². The van der Waals surface area contributed by atoms with Gasteiger partial charge in [0, 0.05) is 29.4 Å². The van der Waals surface area contributed by atoms with Crippen molar-refractivity contribution in [1.29, 1.82) is 0 Å². The molecule has 3 rings (SSSR count). The van der Waals surface area contributed by atoms with Gasteiger partial charge in [-0.25, -0.2) is 4.98 Å². The molecule has 0 saturated heterocycles. The van der Waals surface area contributed by atoms with Crippen molar-refractivity contribution in [2.24, 2.45) is 0 Å². The molecule has 0 bridgehead atoms. The zero-order chi connectivity index (χ0) is 20.6. The number of pyridine rings is 1. The van der Waals surface area contributed by atoms with Gasteiger partial charge in [0.05, 0.1) is 31.0 Å². The molecule has 0 spiro atoms. The van der Waals surface area contributed by atoms with Crippen molar-refractivity contribution in [3.05, 3.63) is 63.7 Å². The zero-order valence-electron chi connectivity index (χ0n) is 16.0. The fourth-order valence-corrected chi connectivity index (χ4v) is 3.63. The number of nitrogens with one attached hydrogen (secondary N) is 1. The molecule has 1 N–H and O–H groups in total. The van der Waals surface area contributed by atoms with Crippen LogP contribution in [0.2, 0.25) is 5.02 Å². The van der Waals surface area contributed by atoms with Crippen LogP contribution in [0.25, 0.3) is 17.3 Å². The van der Waals surface area contributed by atoms with E-state index in [9.17, 15) is 4.79 Å². The monoisotopic (exact) mass is 429 g/mol. The predicted octanol–water partition coefficient (Wildman–Crippen LogP) is 4.60. The first kappa shape index (κ1) is 20.8. The number of nitrogens with zero attached hydrogens (tertiary/aromatic N) is 2. The summed E-state index contributed by atoms with van der Waals surface area (Å²) in [6.45, 7) is 2.71. The van der Waals surface area contributed by atoms with Crippen LogP contribution in [-0.2, 0) is 11.3 Å². The van der Waals surface area contributed by atoms with Crippen LogP contribution in [0.15, 0.2) is 48.1 Å². The summed E-state index contributed by atoms with van der Waals surface area (Å²) in [7, 11) is 1.53. The molecule has 0 aliphatic rings. The number of hydrogen-bond acceptors (Lipinski definition) is 6. The number of carbonyl (C=O) groups excluding carboxylic acids is 1. The molecule has 0 aliphatic heterocycles. The highest BCUT2D eigenvalue weighted by atomic mass is 35.5. The molecule has 0 fully saturated rings. The molecule has 3 aromatic rings. The third-order valence-electron chi connectivity index (χ3n) is 3.90. The molecular formula is C21H20ClN3O3S. The molecule has 1 aromatic carbocycles. The van der Waals surface area contributed by atoms with Gasteiger partial charge in [-0.05, 0) is 42.8 Å². The Balaban J connectivity index is 1.61. The smallest absolute Gasteiger partial charge is 0.244 e. The molecular weight excluding hydrogens is 410 g/mol. The minimum absolute atomic E-state index is 0.226. The van der Waals surface area contributed by atoms with Gasteiger partial charge in [-0.1, -0.05) is 11.6 Å². The van der Waals surface area contributed by atoms with E-state index in [1.54, 1.807) is 30.6 Å². The van der Waals surface area contributed by atoms with E-state index in [4.69, 9.17) is 21.1 Å². The maximum atomic E-state index is 12.2. The summed E-state index contributed by atoms with van der Waals surface area (Å²) >= 11 is 7.73. The van der Waals surface area contributed by atoms with Crippen LogP contribution in [-0.4, -0.2) is 29.6 Å². The molecule has 6 nitrogen and oxygen atoms in total. The van der Waals surface area contributed by atoms with Crippen LogP contribution in [0.4, 0.5) is 0 Å². The lowest BCUT2D eigenvalue weighted by Crippen LogP contribution is -2.20. The first-order valence-corrected chi connectivity index (χ1v) is 10.2. The molecule has 8 heteroatoms. The van der Waals surface area contributed by atoms with E-state index in [2.05, 4.69) is 15.3 Å². The van der Waals surface area contributed by atoms with Gasteiger partial charge < -0.3 is 14.8 Å². The molecule has 29 heavy (non-hydrogen) atoms. The Labute approximate surface area is 178 Å². The average molecular weight is 430 g/mol. The fourth-order valence-electron chi connectivity index (χ4n) is 2.59. The highest BCUT2D eigenvalue weighted by molar-refractivity contribution is 7.09. The minimum atomic E-state index is -0.226. The number of methoxy groups -OCH3 is 1. The van der Waals surface area contributed by atoms with Crippen LogP contribution in [0.3, 0.4) is 0 Å². The standard InChI is InChI=1S/C21H20ClN3O3S/c1-3-28-18-11-14(10-16(22)21(18)27-2)4-5-19(26)24-12-20-25-17(13-29-20)15-6-8-23-9-7-15/h4-11,13H,3,12H2,1-2H3,(H,24,26)/b5-4+. The van der Waals surface area contributed by atoms with Gasteiger partial charge in [0.1, 0.15) is 5.01 Å². The quantitative estimate of drug-likeness (QED) is 0.530. The number of amides is 1. The normalized spacial score (nSPS) is 10.9. The van der Waals surface area contributed by atoms with Crippen molar-refractivity contribution in [2.45, 2.75) is 13.5 Å². The van der Waals surface area contributed by atoms with Gasteiger partial charge in [-0.15, -0.1) is 11.3 Å². The largest absolute Gasteiger partial charge is 0.491 e. The fraction of sp³-hybridized carbons (Fsp3) is 0.190. The van der Waals surface area contributed by atoms with Gasteiger partial charge in [-0.3, -0.25) is 9.78 Å². The SMILES string of the molecule is CCOc1cc(/C=C/C(=O)NCc2nc(-c3ccncc3)cs2)cc(Cl)c1OC. The lowest BCUT2D eigenvalue weighted by molar-refractivity contribution is -0.116. The van der Waals surface area contributed by atoms with Gasteiger partial charge in [0.2, 0.25) is 5.91 Å². The number of ether oxygens (including phenoxy) is 2.